The molecule has 0 fully saturated rings. The van der Waals surface area contributed by atoms with Crippen LogP contribution >= 0.6 is 11.3 Å². The van der Waals surface area contributed by atoms with E-state index in [1.807, 2.05) is 12.4 Å². The Labute approximate surface area is 96.0 Å². The van der Waals surface area contributed by atoms with E-state index in [-0.39, 0.29) is 0 Å². The molecule has 5 heteroatoms. The molecule has 0 atom stereocenters. The lowest BCUT2D eigenvalue weighted by atomic mass is 9.97. The van der Waals surface area contributed by atoms with Crippen molar-refractivity contribution < 1.29 is 9.90 Å². The quantitative estimate of drug-likeness (QED) is 0.795. The lowest BCUT2D eigenvalue weighted by Gasteiger charge is -2.10. The fourth-order valence-electron chi connectivity index (χ4n) is 2.27. The van der Waals surface area contributed by atoms with Crippen molar-refractivity contribution in [2.45, 2.75) is 19.8 Å². The molecule has 3 rings (SSSR count). The molecule has 0 aromatic carbocycles. The molecule has 0 aliphatic heterocycles. The fourth-order valence-corrected chi connectivity index (χ4v) is 3.04. The van der Waals surface area contributed by atoms with Gasteiger partial charge in [0.05, 0.1) is 11.2 Å². The van der Waals surface area contributed by atoms with Crippen LogP contribution in [0, 0.1) is 6.92 Å². The SMILES string of the molecule is Cc1c(C(=O)O)[nH]c2c1-c1ncsc1CC2. The van der Waals surface area contributed by atoms with E-state index in [2.05, 4.69) is 9.97 Å². The van der Waals surface area contributed by atoms with Gasteiger partial charge in [0.25, 0.3) is 0 Å². The maximum atomic E-state index is 11.0. The van der Waals surface area contributed by atoms with Crippen LogP contribution in [0.5, 0.6) is 0 Å². The first-order valence-corrected chi connectivity index (χ1v) is 5.94. The van der Waals surface area contributed by atoms with E-state index in [0.29, 0.717) is 5.69 Å². The summed E-state index contributed by atoms with van der Waals surface area (Å²) in [6.45, 7) is 1.84. The van der Waals surface area contributed by atoms with E-state index in [1.165, 1.54) is 4.88 Å². The highest BCUT2D eigenvalue weighted by molar-refractivity contribution is 7.10. The van der Waals surface area contributed by atoms with Gasteiger partial charge < -0.3 is 10.1 Å². The zero-order valence-corrected chi connectivity index (χ0v) is 9.52. The molecule has 0 saturated heterocycles. The number of hydrogen-bond acceptors (Lipinski definition) is 3. The van der Waals surface area contributed by atoms with Gasteiger partial charge in [0, 0.05) is 16.1 Å². The number of aromatic carboxylic acids is 1. The van der Waals surface area contributed by atoms with E-state index in [0.717, 1.165) is 35.4 Å². The van der Waals surface area contributed by atoms with Crippen molar-refractivity contribution in [2.24, 2.45) is 0 Å². The molecular weight excluding hydrogens is 224 g/mol. The van der Waals surface area contributed by atoms with Crippen molar-refractivity contribution in [3.63, 3.8) is 0 Å². The Balaban J connectivity index is 2.28. The average Bonchev–Trinajstić information content (AvgIpc) is 2.81. The van der Waals surface area contributed by atoms with Crippen LogP contribution in [0.15, 0.2) is 5.51 Å². The number of nitrogens with zero attached hydrogens (tertiary/aromatic N) is 1. The minimum absolute atomic E-state index is 0.297. The molecule has 2 aromatic heterocycles. The summed E-state index contributed by atoms with van der Waals surface area (Å²) in [5.41, 5.74) is 5.90. The molecule has 2 heterocycles. The van der Waals surface area contributed by atoms with Gasteiger partial charge in [-0.1, -0.05) is 0 Å². The number of thiazole rings is 1. The summed E-state index contributed by atoms with van der Waals surface area (Å²) in [6.07, 6.45) is 1.82. The number of aromatic nitrogens is 2. The van der Waals surface area contributed by atoms with Crippen LogP contribution in [0.1, 0.15) is 26.6 Å². The van der Waals surface area contributed by atoms with Crippen LogP contribution in [0.25, 0.3) is 11.3 Å². The third-order valence-corrected chi connectivity index (χ3v) is 3.91. The molecule has 0 saturated carbocycles. The Morgan fingerprint density at radius 1 is 1.56 bits per heavy atom. The lowest BCUT2D eigenvalue weighted by Crippen LogP contribution is -2.01. The lowest BCUT2D eigenvalue weighted by molar-refractivity contribution is 0.0690. The first-order valence-electron chi connectivity index (χ1n) is 5.06. The van der Waals surface area contributed by atoms with E-state index >= 15 is 0 Å². The number of fused-ring (bicyclic) bond motifs is 3. The number of hydrogen-bond donors (Lipinski definition) is 2. The summed E-state index contributed by atoms with van der Waals surface area (Å²) in [7, 11) is 0. The van der Waals surface area contributed by atoms with Gasteiger partial charge in [-0.2, -0.15) is 0 Å². The first-order chi connectivity index (χ1) is 7.68. The van der Waals surface area contributed by atoms with Crippen molar-refractivity contribution in [2.75, 3.05) is 0 Å². The molecule has 4 nitrogen and oxygen atoms in total. The highest BCUT2D eigenvalue weighted by Crippen LogP contribution is 2.37. The average molecular weight is 234 g/mol. The summed E-state index contributed by atoms with van der Waals surface area (Å²) in [4.78, 5) is 19.6. The highest BCUT2D eigenvalue weighted by atomic mass is 32.1. The second kappa shape index (κ2) is 3.18. The Morgan fingerprint density at radius 2 is 2.38 bits per heavy atom. The molecule has 0 unspecified atom stereocenters. The maximum absolute atomic E-state index is 11.0. The van der Waals surface area contributed by atoms with Gasteiger partial charge in [0.1, 0.15) is 5.69 Å². The van der Waals surface area contributed by atoms with Crippen molar-refractivity contribution in [3.05, 3.63) is 27.3 Å². The largest absolute Gasteiger partial charge is 0.477 e. The summed E-state index contributed by atoms with van der Waals surface area (Å²) < 4.78 is 0. The number of aromatic amines is 1. The van der Waals surface area contributed by atoms with Gasteiger partial charge in [-0.3, -0.25) is 0 Å². The number of carbonyl (C=O) groups is 1. The monoisotopic (exact) mass is 234 g/mol. The number of rotatable bonds is 1. The van der Waals surface area contributed by atoms with Crippen molar-refractivity contribution >= 4 is 17.3 Å². The zero-order valence-electron chi connectivity index (χ0n) is 8.70. The first kappa shape index (κ1) is 9.59. The highest BCUT2D eigenvalue weighted by Gasteiger charge is 2.26. The van der Waals surface area contributed by atoms with Crippen molar-refractivity contribution in [1.29, 1.82) is 0 Å². The molecule has 1 aliphatic rings. The van der Waals surface area contributed by atoms with Crippen LogP contribution in [0.2, 0.25) is 0 Å². The summed E-state index contributed by atoms with van der Waals surface area (Å²) >= 11 is 1.64. The molecular formula is C11H10N2O2S. The second-order valence-corrected chi connectivity index (χ2v) is 4.85. The number of H-pyrrole nitrogens is 1. The van der Waals surface area contributed by atoms with Crippen LogP contribution in [-0.4, -0.2) is 21.0 Å². The summed E-state index contributed by atoms with van der Waals surface area (Å²) in [5.74, 6) is -0.899. The standard InChI is InChI=1S/C11H10N2O2S/c1-5-8-6(13-9(5)11(14)15)2-3-7-10(8)12-4-16-7/h4,13H,2-3H2,1H3,(H,14,15). The Bertz CT molecular complexity index is 583. The minimum Gasteiger partial charge on any atom is -0.477 e. The Hall–Kier alpha value is -1.62. The topological polar surface area (TPSA) is 66.0 Å². The number of aryl methyl sites for hydroxylation is 2. The predicted molar refractivity (Wildman–Crippen MR) is 61.0 cm³/mol. The smallest absolute Gasteiger partial charge is 0.352 e. The van der Waals surface area contributed by atoms with E-state index in [4.69, 9.17) is 5.11 Å². The molecule has 82 valence electrons. The van der Waals surface area contributed by atoms with Gasteiger partial charge in [-0.05, 0) is 25.3 Å². The number of carboxylic acid groups (broad SMARTS) is 1. The van der Waals surface area contributed by atoms with Gasteiger partial charge in [0.2, 0.25) is 0 Å². The van der Waals surface area contributed by atoms with Crippen LogP contribution < -0.4 is 0 Å². The third kappa shape index (κ3) is 1.15. The maximum Gasteiger partial charge on any atom is 0.352 e. The van der Waals surface area contributed by atoms with Crippen LogP contribution in [0.3, 0.4) is 0 Å². The molecule has 2 aromatic rings. The molecule has 2 N–H and O–H groups in total. The van der Waals surface area contributed by atoms with Crippen molar-refractivity contribution in [1.82, 2.24) is 9.97 Å². The van der Waals surface area contributed by atoms with Gasteiger partial charge >= 0.3 is 5.97 Å². The molecule has 0 amide bonds. The van der Waals surface area contributed by atoms with Crippen LogP contribution in [-0.2, 0) is 12.8 Å². The van der Waals surface area contributed by atoms with E-state index in [9.17, 15) is 4.79 Å². The van der Waals surface area contributed by atoms with E-state index in [1.54, 1.807) is 11.3 Å². The zero-order chi connectivity index (χ0) is 11.3. The Kier molecular flexibility index (Phi) is 1.91. The normalized spacial score (nSPS) is 13.3. The minimum atomic E-state index is -0.899. The summed E-state index contributed by atoms with van der Waals surface area (Å²) in [5, 5.41) is 9.06. The van der Waals surface area contributed by atoms with Gasteiger partial charge in [0.15, 0.2) is 0 Å². The number of carboxylic acids is 1. The third-order valence-electron chi connectivity index (χ3n) is 3.02. The molecule has 0 radical (unpaired) electrons. The predicted octanol–water partition coefficient (Wildman–Crippen LogP) is 2.24. The van der Waals surface area contributed by atoms with Gasteiger partial charge in [-0.15, -0.1) is 11.3 Å². The second-order valence-electron chi connectivity index (χ2n) is 3.91. The molecule has 1 aliphatic carbocycles. The van der Waals surface area contributed by atoms with Crippen molar-refractivity contribution in [3.8, 4) is 11.3 Å². The summed E-state index contributed by atoms with van der Waals surface area (Å²) in [6, 6.07) is 0. The van der Waals surface area contributed by atoms with E-state index < -0.39 is 5.97 Å². The molecule has 0 bridgehead atoms. The van der Waals surface area contributed by atoms with Crippen LogP contribution in [0.4, 0.5) is 0 Å². The fraction of sp³-hybridized carbons (Fsp3) is 0.273. The van der Waals surface area contributed by atoms with Gasteiger partial charge in [-0.25, -0.2) is 9.78 Å². The Morgan fingerprint density at radius 3 is 3.12 bits per heavy atom. The number of nitrogens with one attached hydrogen (secondary N) is 1. The molecule has 0 spiro atoms. The molecule has 16 heavy (non-hydrogen) atoms.